The van der Waals surface area contributed by atoms with E-state index < -0.39 is 0 Å². The summed E-state index contributed by atoms with van der Waals surface area (Å²) in [4.78, 5) is 15.1. The van der Waals surface area contributed by atoms with Crippen molar-refractivity contribution in [2.45, 2.75) is 20.4 Å². The summed E-state index contributed by atoms with van der Waals surface area (Å²) in [5.74, 6) is 0.814. The molecule has 0 atom stereocenters. The summed E-state index contributed by atoms with van der Waals surface area (Å²) in [6, 6.07) is 5.77. The molecule has 1 aromatic carbocycles. The third-order valence-corrected chi connectivity index (χ3v) is 3.75. The molecule has 2 aromatic rings. The van der Waals surface area contributed by atoms with Crippen LogP contribution >= 0.6 is 27.5 Å². The molecule has 0 amide bonds. The third-order valence-electron chi connectivity index (χ3n) is 2.90. The quantitative estimate of drug-likeness (QED) is 0.804. The largest absolute Gasteiger partial charge is 0.327 e. The minimum absolute atomic E-state index is 0.487. The molecule has 0 bridgehead atoms. The average Bonchev–Trinajstić information content (AvgIpc) is 2.59. The zero-order chi connectivity index (χ0) is 13.3. The van der Waals surface area contributed by atoms with Gasteiger partial charge in [0, 0.05) is 15.2 Å². The van der Waals surface area contributed by atoms with Crippen molar-refractivity contribution < 1.29 is 4.79 Å². The summed E-state index contributed by atoms with van der Waals surface area (Å²) in [5, 5.41) is 0.699. The summed E-state index contributed by atoms with van der Waals surface area (Å²) < 4.78 is 2.93. The molecule has 18 heavy (non-hydrogen) atoms. The van der Waals surface area contributed by atoms with Crippen LogP contribution in [0.4, 0.5) is 0 Å². The van der Waals surface area contributed by atoms with Gasteiger partial charge in [0.25, 0.3) is 0 Å². The molecule has 0 aliphatic carbocycles. The fourth-order valence-electron chi connectivity index (χ4n) is 1.86. The first kappa shape index (κ1) is 13.3. The Morgan fingerprint density at radius 2 is 2.17 bits per heavy atom. The Kier molecular flexibility index (Phi) is 3.88. The number of benzene rings is 1. The van der Waals surface area contributed by atoms with E-state index in [2.05, 4.69) is 20.9 Å². The lowest BCUT2D eigenvalue weighted by Crippen LogP contribution is -2.05. The highest BCUT2D eigenvalue weighted by Crippen LogP contribution is 2.23. The van der Waals surface area contributed by atoms with Crippen LogP contribution in [0.25, 0.3) is 0 Å². The molecule has 1 heterocycles. The van der Waals surface area contributed by atoms with Gasteiger partial charge in [0.15, 0.2) is 6.29 Å². The number of carbonyl (C=O) groups is 1. The van der Waals surface area contributed by atoms with Gasteiger partial charge < -0.3 is 4.57 Å². The molecule has 5 heteroatoms. The normalized spacial score (nSPS) is 10.7. The van der Waals surface area contributed by atoms with Crippen LogP contribution in [-0.4, -0.2) is 15.8 Å². The second kappa shape index (κ2) is 5.24. The number of rotatable bonds is 3. The summed E-state index contributed by atoms with van der Waals surface area (Å²) in [7, 11) is 0. The summed E-state index contributed by atoms with van der Waals surface area (Å²) in [6.45, 7) is 4.38. The highest BCUT2D eigenvalue weighted by Gasteiger charge is 2.11. The Labute approximate surface area is 119 Å². The van der Waals surface area contributed by atoms with Crippen molar-refractivity contribution in [2.75, 3.05) is 0 Å². The van der Waals surface area contributed by atoms with Gasteiger partial charge in [-0.15, -0.1) is 0 Å². The predicted octanol–water partition coefficient (Wildman–Crippen LogP) is 3.78. The number of aryl methyl sites for hydroxylation is 1. The van der Waals surface area contributed by atoms with Crippen molar-refractivity contribution in [3.63, 3.8) is 0 Å². The maximum atomic E-state index is 10.8. The molecule has 0 saturated heterocycles. The maximum Gasteiger partial charge on any atom is 0.170 e. The molecule has 0 saturated carbocycles. The molecule has 0 N–H and O–H groups in total. The smallest absolute Gasteiger partial charge is 0.170 e. The van der Waals surface area contributed by atoms with Crippen molar-refractivity contribution in [3.05, 3.63) is 50.5 Å². The Morgan fingerprint density at radius 3 is 2.72 bits per heavy atom. The van der Waals surface area contributed by atoms with Gasteiger partial charge in [0.1, 0.15) is 11.5 Å². The standard InChI is InChI=1S/C13H12BrClN2O/c1-8-13(7-18)16-9(2)17(8)6-10-3-4-11(14)5-12(10)15/h3-5,7H,6H2,1-2H3. The minimum atomic E-state index is 0.487. The van der Waals surface area contributed by atoms with Crippen LogP contribution < -0.4 is 0 Å². The van der Waals surface area contributed by atoms with Crippen molar-refractivity contribution >= 4 is 33.8 Å². The SMILES string of the molecule is Cc1nc(C=O)c(C)n1Cc1ccc(Br)cc1Cl. The van der Waals surface area contributed by atoms with E-state index in [1.54, 1.807) is 0 Å². The molecule has 2 rings (SSSR count). The van der Waals surface area contributed by atoms with Crippen molar-refractivity contribution in [1.29, 1.82) is 0 Å². The van der Waals surface area contributed by atoms with Crippen LogP contribution in [0.5, 0.6) is 0 Å². The van der Waals surface area contributed by atoms with Gasteiger partial charge >= 0.3 is 0 Å². The molecule has 0 aliphatic heterocycles. The lowest BCUT2D eigenvalue weighted by molar-refractivity contribution is 0.111. The second-order valence-corrected chi connectivity index (χ2v) is 5.39. The first-order valence-corrected chi connectivity index (χ1v) is 6.63. The minimum Gasteiger partial charge on any atom is -0.327 e. The van der Waals surface area contributed by atoms with Crippen LogP contribution in [0.3, 0.4) is 0 Å². The third kappa shape index (κ3) is 2.49. The van der Waals surface area contributed by atoms with Crippen molar-refractivity contribution in [3.8, 4) is 0 Å². The van der Waals surface area contributed by atoms with Gasteiger partial charge in [-0.3, -0.25) is 4.79 Å². The Hall–Kier alpha value is -1.13. The number of carbonyl (C=O) groups excluding carboxylic acids is 1. The van der Waals surface area contributed by atoms with Crippen LogP contribution in [0, 0.1) is 13.8 Å². The van der Waals surface area contributed by atoms with Crippen molar-refractivity contribution in [1.82, 2.24) is 9.55 Å². The van der Waals surface area contributed by atoms with E-state index in [-0.39, 0.29) is 0 Å². The van der Waals surface area contributed by atoms with E-state index in [9.17, 15) is 4.79 Å². The van der Waals surface area contributed by atoms with Crippen LogP contribution in [0.1, 0.15) is 27.6 Å². The second-order valence-electron chi connectivity index (χ2n) is 4.07. The fraction of sp³-hybridized carbons (Fsp3) is 0.231. The van der Waals surface area contributed by atoms with Gasteiger partial charge in [0.05, 0.1) is 6.54 Å². The molecular formula is C13H12BrClN2O. The molecule has 0 spiro atoms. The van der Waals surface area contributed by atoms with Gasteiger partial charge in [-0.25, -0.2) is 4.98 Å². The zero-order valence-electron chi connectivity index (χ0n) is 10.1. The van der Waals surface area contributed by atoms with E-state index >= 15 is 0 Å². The number of halogens is 2. The molecule has 0 radical (unpaired) electrons. The van der Waals surface area contributed by atoms with Gasteiger partial charge in [-0.1, -0.05) is 33.6 Å². The zero-order valence-corrected chi connectivity index (χ0v) is 12.4. The van der Waals surface area contributed by atoms with Crippen molar-refractivity contribution in [2.24, 2.45) is 0 Å². The highest BCUT2D eigenvalue weighted by atomic mass is 79.9. The number of hydrogen-bond acceptors (Lipinski definition) is 2. The molecule has 0 fully saturated rings. The van der Waals surface area contributed by atoms with Gasteiger partial charge in [0.2, 0.25) is 0 Å². The molecule has 0 unspecified atom stereocenters. The average molecular weight is 328 g/mol. The van der Waals surface area contributed by atoms with Gasteiger partial charge in [-0.05, 0) is 31.5 Å². The lowest BCUT2D eigenvalue weighted by atomic mass is 10.2. The van der Waals surface area contributed by atoms with Crippen LogP contribution in [-0.2, 0) is 6.54 Å². The number of hydrogen-bond donors (Lipinski definition) is 0. The highest BCUT2D eigenvalue weighted by molar-refractivity contribution is 9.10. The Bertz CT molecular complexity index is 607. The Balaban J connectivity index is 2.39. The fourth-order valence-corrected chi connectivity index (χ4v) is 2.59. The van der Waals surface area contributed by atoms with Crippen LogP contribution in [0.2, 0.25) is 5.02 Å². The number of aromatic nitrogens is 2. The lowest BCUT2D eigenvalue weighted by Gasteiger charge is -2.10. The monoisotopic (exact) mass is 326 g/mol. The van der Waals surface area contributed by atoms with Crippen LogP contribution in [0.15, 0.2) is 22.7 Å². The van der Waals surface area contributed by atoms with E-state index in [1.165, 1.54) is 0 Å². The van der Waals surface area contributed by atoms with E-state index in [4.69, 9.17) is 11.6 Å². The molecule has 94 valence electrons. The van der Waals surface area contributed by atoms with E-state index in [0.29, 0.717) is 17.3 Å². The predicted molar refractivity (Wildman–Crippen MR) is 75.3 cm³/mol. The molecular weight excluding hydrogens is 316 g/mol. The first-order chi connectivity index (χ1) is 8.52. The van der Waals surface area contributed by atoms with E-state index in [1.807, 2.05) is 36.6 Å². The topological polar surface area (TPSA) is 34.9 Å². The number of aldehydes is 1. The maximum absolute atomic E-state index is 10.8. The Morgan fingerprint density at radius 1 is 1.44 bits per heavy atom. The molecule has 1 aromatic heterocycles. The first-order valence-electron chi connectivity index (χ1n) is 5.45. The summed E-state index contributed by atoms with van der Waals surface area (Å²) in [6.07, 6.45) is 0.780. The van der Waals surface area contributed by atoms with E-state index in [0.717, 1.165) is 27.8 Å². The summed E-state index contributed by atoms with van der Waals surface area (Å²) >= 11 is 9.57. The molecule has 3 nitrogen and oxygen atoms in total. The number of nitrogens with zero attached hydrogens (tertiary/aromatic N) is 2. The summed E-state index contributed by atoms with van der Waals surface area (Å²) in [5.41, 5.74) is 2.35. The number of imidazole rings is 1. The molecule has 0 aliphatic rings. The van der Waals surface area contributed by atoms with Gasteiger partial charge in [-0.2, -0.15) is 0 Å².